The molecule has 0 aliphatic carbocycles. The van der Waals surface area contributed by atoms with Crippen molar-refractivity contribution in [2.24, 2.45) is 0 Å². The molecule has 13 nitrogen and oxygen atoms in total. The molecule has 0 N–H and O–H groups in total. The summed E-state index contributed by atoms with van der Waals surface area (Å²) in [6.07, 6.45) is 0. The number of hydrogen-bond donors (Lipinski definition) is 0. The molecule has 0 aromatic heterocycles. The highest BCUT2D eigenvalue weighted by Crippen LogP contribution is 2.44. The predicted octanol–water partition coefficient (Wildman–Crippen LogP) is 9.71. The molecule has 0 radical (unpaired) electrons. The zero-order valence-corrected chi connectivity index (χ0v) is 38.4. The van der Waals surface area contributed by atoms with Crippen molar-refractivity contribution in [2.45, 2.75) is 27.7 Å². The largest absolute Gasteiger partial charge is 0.496 e. The number of methoxy groups -OCH3 is 8. The second kappa shape index (κ2) is 19.7. The van der Waals surface area contributed by atoms with Crippen molar-refractivity contribution in [1.82, 2.24) is 0 Å². The lowest BCUT2D eigenvalue weighted by atomic mass is 9.85. The predicted molar refractivity (Wildman–Crippen MR) is 244 cm³/mol. The van der Waals surface area contributed by atoms with E-state index in [0.29, 0.717) is 11.1 Å². The number of carbonyl (C=O) groups excluding carboxylic acids is 4. The van der Waals surface area contributed by atoms with Gasteiger partial charge >= 0.3 is 0 Å². The van der Waals surface area contributed by atoms with Crippen LogP contribution in [0.2, 0.25) is 0 Å². The Kier molecular flexibility index (Phi) is 14.2. The Bertz CT molecular complexity index is 2570. The third-order valence-electron chi connectivity index (χ3n) is 11.2. The highest BCUT2D eigenvalue weighted by Gasteiger charge is 2.35. The van der Waals surface area contributed by atoms with Gasteiger partial charge in [-0.05, 0) is 99.5 Å². The Morgan fingerprint density at radius 2 is 0.492 bits per heavy atom. The van der Waals surface area contributed by atoms with Gasteiger partial charge in [-0.2, -0.15) is 0 Å². The molecule has 0 saturated heterocycles. The molecule has 6 aromatic carbocycles. The minimum absolute atomic E-state index is 0.0137. The summed E-state index contributed by atoms with van der Waals surface area (Å²) in [7, 11) is 11.5. The van der Waals surface area contributed by atoms with Crippen LogP contribution in [0.25, 0.3) is 0 Å². The molecule has 0 amide bonds. The minimum Gasteiger partial charge on any atom is -0.496 e. The van der Waals surface area contributed by atoms with Crippen LogP contribution in [0.4, 0.5) is 0 Å². The monoisotopic (exact) mass is 882 g/mol. The van der Waals surface area contributed by atoms with Crippen molar-refractivity contribution in [3.8, 4) is 57.5 Å². The molecule has 0 bridgehead atoms. The van der Waals surface area contributed by atoms with Crippen molar-refractivity contribution in [3.63, 3.8) is 0 Å². The van der Waals surface area contributed by atoms with E-state index in [1.54, 1.807) is 113 Å². The Balaban J connectivity index is 1.67. The molecular formula is C52H50O13. The van der Waals surface area contributed by atoms with Gasteiger partial charge in [0.1, 0.15) is 79.7 Å². The molecule has 0 saturated carbocycles. The average molecular weight is 883 g/mol. The fourth-order valence-corrected chi connectivity index (χ4v) is 8.05. The van der Waals surface area contributed by atoms with Gasteiger partial charge in [-0.25, -0.2) is 0 Å². The summed E-state index contributed by atoms with van der Waals surface area (Å²) < 4.78 is 51.9. The number of hydrogen-bond acceptors (Lipinski definition) is 13. The molecule has 6 aromatic rings. The summed E-state index contributed by atoms with van der Waals surface area (Å²) in [4.78, 5) is 60.3. The van der Waals surface area contributed by atoms with Crippen molar-refractivity contribution in [1.29, 1.82) is 0 Å². The number of benzene rings is 6. The quantitative estimate of drug-likeness (QED) is 0.0754. The van der Waals surface area contributed by atoms with Gasteiger partial charge < -0.3 is 42.6 Å². The zero-order valence-electron chi connectivity index (χ0n) is 38.4. The van der Waals surface area contributed by atoms with Gasteiger partial charge in [-0.1, -0.05) is 24.3 Å². The van der Waals surface area contributed by atoms with Crippen LogP contribution in [0.3, 0.4) is 0 Å². The molecule has 336 valence electrons. The second-order valence-electron chi connectivity index (χ2n) is 14.7. The fourth-order valence-electron chi connectivity index (χ4n) is 8.05. The highest BCUT2D eigenvalue weighted by molar-refractivity contribution is 6.25. The van der Waals surface area contributed by atoms with Crippen LogP contribution in [-0.4, -0.2) is 80.0 Å². The maximum atomic E-state index is 15.2. The molecule has 0 spiro atoms. The molecular weight excluding hydrogens is 833 g/mol. The molecule has 0 atom stereocenters. The van der Waals surface area contributed by atoms with Gasteiger partial charge in [-0.3, -0.25) is 19.2 Å². The van der Waals surface area contributed by atoms with Crippen LogP contribution in [0.5, 0.6) is 57.5 Å². The standard InChI is InChI=1S/C52H50O13/c1-27-25-39(29(3)43(51(55)47-35(61-9)21-15-22-36(47)62-10)41(27)49(53)45-31(57-5)17-13-18-32(45)58-6)65-40-26-28(2)42(50(54)46-33(59-7)19-14-20-34(46)60-8)44(30(40)4)52(56)48-37(63-11)23-16-24-38(48)64-12/h13-26H,1-12H3. The smallest absolute Gasteiger partial charge is 0.201 e. The molecule has 0 unspecified atom stereocenters. The molecule has 0 aliphatic rings. The summed E-state index contributed by atoms with van der Waals surface area (Å²) >= 11 is 0. The first-order chi connectivity index (χ1) is 31.3. The van der Waals surface area contributed by atoms with Gasteiger partial charge in [0.15, 0.2) is 0 Å². The van der Waals surface area contributed by atoms with Crippen LogP contribution in [-0.2, 0) is 0 Å². The van der Waals surface area contributed by atoms with E-state index in [0.717, 1.165) is 0 Å². The minimum atomic E-state index is -0.596. The number of ketones is 4. The van der Waals surface area contributed by atoms with E-state index < -0.39 is 23.1 Å². The van der Waals surface area contributed by atoms with E-state index >= 15 is 9.59 Å². The molecule has 0 aliphatic heterocycles. The van der Waals surface area contributed by atoms with Gasteiger partial charge in [0, 0.05) is 33.4 Å². The first-order valence-corrected chi connectivity index (χ1v) is 20.3. The third kappa shape index (κ3) is 8.40. The molecule has 0 heterocycles. The van der Waals surface area contributed by atoms with E-state index in [1.807, 2.05) is 0 Å². The van der Waals surface area contributed by atoms with Crippen LogP contribution < -0.4 is 42.6 Å². The second-order valence-corrected chi connectivity index (χ2v) is 14.7. The summed E-state index contributed by atoms with van der Waals surface area (Å²) in [5.41, 5.74) is 1.66. The van der Waals surface area contributed by atoms with Gasteiger partial charge in [-0.15, -0.1) is 0 Å². The Labute approximate surface area is 377 Å². The fraction of sp³-hybridized carbons (Fsp3) is 0.231. The average Bonchev–Trinajstić information content (AvgIpc) is 3.33. The first-order valence-electron chi connectivity index (χ1n) is 20.3. The molecule has 6 rings (SSSR count). The first kappa shape index (κ1) is 46.7. The third-order valence-corrected chi connectivity index (χ3v) is 11.2. The van der Waals surface area contributed by atoms with E-state index in [9.17, 15) is 9.59 Å². The van der Waals surface area contributed by atoms with Crippen molar-refractivity contribution in [2.75, 3.05) is 56.9 Å². The Hall–Kier alpha value is -7.80. The highest BCUT2D eigenvalue weighted by atomic mass is 16.5. The SMILES string of the molecule is COc1cccc(OC)c1C(=O)c1c(C)cc(Oc2cc(C)c(C(=O)c3c(OC)cccc3OC)c(C(=O)c3c(OC)cccc3OC)c2C)c(C)c1C(=O)c1c(OC)cccc1OC. The van der Waals surface area contributed by atoms with Crippen LogP contribution in [0.15, 0.2) is 84.9 Å². The van der Waals surface area contributed by atoms with E-state index in [4.69, 9.17) is 42.6 Å². The lowest BCUT2D eigenvalue weighted by Crippen LogP contribution is -2.19. The summed E-state index contributed by atoms with van der Waals surface area (Å²) in [5, 5.41) is 0. The number of carbonyl (C=O) groups is 4. The van der Waals surface area contributed by atoms with E-state index in [2.05, 4.69) is 0 Å². The van der Waals surface area contributed by atoms with Crippen molar-refractivity contribution < 1.29 is 61.8 Å². The van der Waals surface area contributed by atoms with Gasteiger partial charge in [0.25, 0.3) is 0 Å². The van der Waals surface area contributed by atoms with Crippen LogP contribution >= 0.6 is 0 Å². The summed E-state index contributed by atoms with van der Waals surface area (Å²) in [5.74, 6) is -0.196. The van der Waals surface area contributed by atoms with Crippen LogP contribution in [0.1, 0.15) is 85.9 Å². The Morgan fingerprint density at radius 1 is 0.292 bits per heavy atom. The van der Waals surface area contributed by atoms with Crippen LogP contribution in [0, 0.1) is 27.7 Å². The Morgan fingerprint density at radius 3 is 0.692 bits per heavy atom. The molecule has 13 heteroatoms. The van der Waals surface area contributed by atoms with Crippen molar-refractivity contribution >= 4 is 23.1 Å². The maximum absolute atomic E-state index is 15.2. The normalized spacial score (nSPS) is 10.7. The maximum Gasteiger partial charge on any atom is 0.201 e. The topological polar surface area (TPSA) is 151 Å². The molecule has 65 heavy (non-hydrogen) atoms. The number of ether oxygens (including phenoxy) is 9. The van der Waals surface area contributed by atoms with E-state index in [1.165, 1.54) is 56.9 Å². The van der Waals surface area contributed by atoms with Gasteiger partial charge in [0.05, 0.1) is 56.9 Å². The van der Waals surface area contributed by atoms with E-state index in [-0.39, 0.29) is 113 Å². The zero-order chi connectivity index (χ0) is 47.3. The van der Waals surface area contributed by atoms with Crippen molar-refractivity contribution in [3.05, 3.63) is 152 Å². The van der Waals surface area contributed by atoms with Gasteiger partial charge in [0.2, 0.25) is 23.1 Å². The number of rotatable bonds is 18. The lowest BCUT2D eigenvalue weighted by molar-refractivity contribution is 0.0995. The summed E-state index contributed by atoms with van der Waals surface area (Å²) in [6.45, 7) is 6.67. The summed E-state index contributed by atoms with van der Waals surface area (Å²) in [6, 6.07) is 23.0. The molecule has 0 fully saturated rings. The number of aryl methyl sites for hydroxylation is 2. The lowest BCUT2D eigenvalue weighted by Gasteiger charge is -2.23.